The Hall–Kier alpha value is -2.14. The van der Waals surface area contributed by atoms with Gasteiger partial charge in [0.05, 0.1) is 11.9 Å². The number of benzene rings is 2. The van der Waals surface area contributed by atoms with E-state index in [4.69, 9.17) is 0 Å². The Balaban J connectivity index is 1.86. The number of hydrogen-bond acceptors (Lipinski definition) is 4. The van der Waals surface area contributed by atoms with Crippen molar-refractivity contribution in [2.45, 2.75) is 64.6 Å². The summed E-state index contributed by atoms with van der Waals surface area (Å²) in [4.78, 5) is 28.3. The SMILES string of the molecule is Cc1cccc(CN(C(=O)CN(c2ccc(I)cc2)S(C)(=O)=O)[C@H](C)C(=O)NC2CCCCC2)c1. The number of carbonyl (C=O) groups is 2. The summed E-state index contributed by atoms with van der Waals surface area (Å²) in [7, 11) is -3.72. The molecule has 1 aliphatic carbocycles. The third kappa shape index (κ3) is 7.93. The number of nitrogens with zero attached hydrogens (tertiary/aromatic N) is 2. The zero-order valence-electron chi connectivity index (χ0n) is 20.5. The Labute approximate surface area is 222 Å². The monoisotopic (exact) mass is 611 g/mol. The molecule has 2 amide bonds. The van der Waals surface area contributed by atoms with E-state index in [1.54, 1.807) is 31.2 Å². The minimum Gasteiger partial charge on any atom is -0.352 e. The topological polar surface area (TPSA) is 86.8 Å². The second kappa shape index (κ2) is 12.2. The maximum absolute atomic E-state index is 13.6. The number of hydrogen-bond donors (Lipinski definition) is 1. The van der Waals surface area contributed by atoms with Crippen molar-refractivity contribution >= 4 is 50.1 Å². The zero-order valence-corrected chi connectivity index (χ0v) is 23.5. The van der Waals surface area contributed by atoms with Crippen LogP contribution in [-0.2, 0) is 26.2 Å². The molecule has 1 fully saturated rings. The van der Waals surface area contributed by atoms with Gasteiger partial charge in [-0.25, -0.2) is 8.42 Å². The van der Waals surface area contributed by atoms with Crippen molar-refractivity contribution in [2.75, 3.05) is 17.1 Å². The molecule has 1 atom stereocenters. The first-order valence-corrected chi connectivity index (χ1v) is 14.9. The number of rotatable bonds is 9. The van der Waals surface area contributed by atoms with E-state index in [0.29, 0.717) is 5.69 Å². The molecule has 3 rings (SSSR count). The van der Waals surface area contributed by atoms with Gasteiger partial charge in [0.2, 0.25) is 21.8 Å². The summed E-state index contributed by atoms with van der Waals surface area (Å²) in [5, 5.41) is 3.11. The Bertz CT molecular complexity index is 1130. The quantitative estimate of drug-likeness (QED) is 0.431. The van der Waals surface area contributed by atoms with E-state index in [2.05, 4.69) is 27.9 Å². The number of amides is 2. The smallest absolute Gasteiger partial charge is 0.244 e. The first-order chi connectivity index (χ1) is 16.5. The van der Waals surface area contributed by atoms with Crippen molar-refractivity contribution in [2.24, 2.45) is 0 Å². The van der Waals surface area contributed by atoms with E-state index >= 15 is 0 Å². The number of sulfonamides is 1. The summed E-state index contributed by atoms with van der Waals surface area (Å²) >= 11 is 2.14. The molecule has 7 nitrogen and oxygen atoms in total. The normalized spacial score (nSPS) is 15.3. The van der Waals surface area contributed by atoms with E-state index in [1.807, 2.05) is 31.2 Å². The van der Waals surface area contributed by atoms with Crippen LogP contribution in [0.1, 0.15) is 50.2 Å². The average Bonchev–Trinajstić information content (AvgIpc) is 2.81. The predicted octanol–water partition coefficient (Wildman–Crippen LogP) is 4.23. The van der Waals surface area contributed by atoms with Crippen LogP contribution >= 0.6 is 22.6 Å². The fourth-order valence-corrected chi connectivity index (χ4v) is 5.59. The van der Waals surface area contributed by atoms with Crippen LogP contribution in [0.15, 0.2) is 48.5 Å². The van der Waals surface area contributed by atoms with Crippen LogP contribution < -0.4 is 9.62 Å². The highest BCUT2D eigenvalue weighted by molar-refractivity contribution is 14.1. The van der Waals surface area contributed by atoms with Crippen molar-refractivity contribution in [3.63, 3.8) is 0 Å². The van der Waals surface area contributed by atoms with Crippen LogP contribution in [0.2, 0.25) is 0 Å². The van der Waals surface area contributed by atoms with E-state index < -0.39 is 22.0 Å². The van der Waals surface area contributed by atoms with Crippen molar-refractivity contribution in [1.82, 2.24) is 10.2 Å². The molecule has 0 bridgehead atoms. The van der Waals surface area contributed by atoms with Crippen molar-refractivity contribution in [1.29, 1.82) is 0 Å². The van der Waals surface area contributed by atoms with E-state index in [9.17, 15) is 18.0 Å². The van der Waals surface area contributed by atoms with Gasteiger partial charge in [-0.3, -0.25) is 13.9 Å². The molecule has 0 radical (unpaired) electrons. The Kier molecular flexibility index (Phi) is 9.57. The molecule has 190 valence electrons. The summed E-state index contributed by atoms with van der Waals surface area (Å²) in [5.74, 6) is -0.639. The van der Waals surface area contributed by atoms with Crippen molar-refractivity contribution in [3.05, 3.63) is 63.2 Å². The first-order valence-electron chi connectivity index (χ1n) is 11.9. The summed E-state index contributed by atoms with van der Waals surface area (Å²) in [6.45, 7) is 3.51. The molecule has 2 aromatic carbocycles. The Morgan fingerprint density at radius 3 is 2.34 bits per heavy atom. The van der Waals surface area contributed by atoms with Crippen LogP contribution in [0.5, 0.6) is 0 Å². The lowest BCUT2D eigenvalue weighted by molar-refractivity contribution is -0.139. The van der Waals surface area contributed by atoms with Gasteiger partial charge < -0.3 is 10.2 Å². The van der Waals surface area contributed by atoms with Gasteiger partial charge in [-0.2, -0.15) is 0 Å². The minimum atomic E-state index is -3.72. The van der Waals surface area contributed by atoms with Gasteiger partial charge in [0, 0.05) is 16.2 Å². The fraction of sp³-hybridized carbons (Fsp3) is 0.462. The molecule has 1 N–H and O–H groups in total. The van der Waals surface area contributed by atoms with Gasteiger partial charge in [-0.15, -0.1) is 0 Å². The molecule has 2 aromatic rings. The Morgan fingerprint density at radius 1 is 1.09 bits per heavy atom. The maximum Gasteiger partial charge on any atom is 0.244 e. The average molecular weight is 612 g/mol. The van der Waals surface area contributed by atoms with Gasteiger partial charge in [-0.1, -0.05) is 49.1 Å². The number of carbonyl (C=O) groups excluding carboxylic acids is 2. The second-order valence-electron chi connectivity index (χ2n) is 9.28. The molecule has 35 heavy (non-hydrogen) atoms. The van der Waals surface area contributed by atoms with Crippen LogP contribution in [-0.4, -0.2) is 50.0 Å². The lowest BCUT2D eigenvalue weighted by atomic mass is 9.95. The van der Waals surface area contributed by atoms with Gasteiger partial charge in [0.15, 0.2) is 0 Å². The van der Waals surface area contributed by atoms with Crippen molar-refractivity contribution < 1.29 is 18.0 Å². The third-order valence-corrected chi connectivity index (χ3v) is 8.21. The molecule has 0 unspecified atom stereocenters. The molecular weight excluding hydrogens is 577 g/mol. The summed E-state index contributed by atoms with van der Waals surface area (Å²) in [6, 6.07) is 14.1. The van der Waals surface area contributed by atoms with Crippen molar-refractivity contribution in [3.8, 4) is 0 Å². The molecule has 0 aliphatic heterocycles. The lowest BCUT2D eigenvalue weighted by Gasteiger charge is -2.33. The standard InChI is InChI=1S/C26H34IN3O4S/c1-19-8-7-9-21(16-19)17-29(20(2)26(32)28-23-10-5-4-6-11-23)25(31)18-30(35(3,33)34)24-14-12-22(27)13-15-24/h7-9,12-16,20,23H,4-6,10-11,17-18H2,1-3H3,(H,28,32)/t20-/m1/s1. The number of aryl methyl sites for hydroxylation is 1. The molecule has 0 aromatic heterocycles. The highest BCUT2D eigenvalue weighted by Crippen LogP contribution is 2.21. The zero-order chi connectivity index (χ0) is 25.6. The van der Waals surface area contributed by atoms with E-state index in [-0.39, 0.29) is 25.0 Å². The molecule has 1 saturated carbocycles. The molecule has 0 spiro atoms. The van der Waals surface area contributed by atoms with Crippen LogP contribution in [0, 0.1) is 10.5 Å². The van der Waals surface area contributed by atoms with Gasteiger partial charge in [0.25, 0.3) is 0 Å². The largest absolute Gasteiger partial charge is 0.352 e. The maximum atomic E-state index is 13.6. The van der Waals surface area contributed by atoms with Crippen LogP contribution in [0.3, 0.4) is 0 Å². The number of nitrogens with one attached hydrogen (secondary N) is 1. The summed E-state index contributed by atoms with van der Waals surface area (Å²) in [6.07, 6.45) is 6.33. The highest BCUT2D eigenvalue weighted by atomic mass is 127. The highest BCUT2D eigenvalue weighted by Gasteiger charge is 2.31. The number of anilines is 1. The Morgan fingerprint density at radius 2 is 1.74 bits per heavy atom. The molecular formula is C26H34IN3O4S. The van der Waals surface area contributed by atoms with Gasteiger partial charge in [0.1, 0.15) is 12.6 Å². The second-order valence-corrected chi connectivity index (χ2v) is 12.4. The first kappa shape index (κ1) is 27.4. The van der Waals surface area contributed by atoms with E-state index in [0.717, 1.165) is 50.9 Å². The minimum absolute atomic E-state index is 0.119. The summed E-state index contributed by atoms with van der Waals surface area (Å²) in [5.41, 5.74) is 2.35. The fourth-order valence-electron chi connectivity index (χ4n) is 4.38. The third-order valence-electron chi connectivity index (χ3n) is 6.35. The van der Waals surface area contributed by atoms with Gasteiger partial charge in [-0.05, 0) is 79.1 Å². The van der Waals surface area contributed by atoms with Crippen LogP contribution in [0.4, 0.5) is 5.69 Å². The molecule has 0 saturated heterocycles. The van der Waals surface area contributed by atoms with E-state index in [1.165, 1.54) is 11.3 Å². The molecule has 0 heterocycles. The predicted molar refractivity (Wildman–Crippen MR) is 148 cm³/mol. The van der Waals surface area contributed by atoms with Gasteiger partial charge >= 0.3 is 0 Å². The number of halogens is 1. The summed E-state index contributed by atoms with van der Waals surface area (Å²) < 4.78 is 27.3. The lowest BCUT2D eigenvalue weighted by Crippen LogP contribution is -2.52. The van der Waals surface area contributed by atoms with Crippen LogP contribution in [0.25, 0.3) is 0 Å². The molecule has 1 aliphatic rings. The molecule has 9 heteroatoms.